The molecule has 0 aliphatic rings. The molecule has 4 heteroatoms. The van der Waals surface area contributed by atoms with Gasteiger partial charge in [-0.1, -0.05) is 27.7 Å². The number of carbonyl (C=O) groups excluding carboxylic acids is 2. The number of carbonyl (C=O) groups is 2. The molecule has 0 atom stereocenters. The number of hydrogen-bond donors (Lipinski definition) is 0. The third kappa shape index (κ3) is 38.3. The zero-order chi connectivity index (χ0) is 13.0. The van der Waals surface area contributed by atoms with Gasteiger partial charge in [0.1, 0.15) is 0 Å². The average Bonchev–Trinajstić information content (AvgIpc) is 2.06. The van der Waals surface area contributed by atoms with Crippen LogP contribution in [0.4, 0.5) is 0 Å². The van der Waals surface area contributed by atoms with Crippen molar-refractivity contribution in [1.29, 1.82) is 0 Å². The maximum absolute atomic E-state index is 10.1. The van der Waals surface area contributed by atoms with Crippen LogP contribution in [0.5, 0.6) is 0 Å². The fourth-order valence-corrected chi connectivity index (χ4v) is 0. The minimum atomic E-state index is 0. The molecular weight excluding hydrogens is 204 g/mol. The van der Waals surface area contributed by atoms with E-state index in [0.717, 1.165) is 0 Å². The lowest BCUT2D eigenvalue weighted by molar-refractivity contribution is -0.127. The van der Waals surface area contributed by atoms with E-state index in [2.05, 4.69) is 13.8 Å². The summed E-state index contributed by atoms with van der Waals surface area (Å²) in [5, 5.41) is 0. The summed E-state index contributed by atoms with van der Waals surface area (Å²) >= 11 is 0. The highest BCUT2D eigenvalue weighted by molar-refractivity contribution is 5.72. The Morgan fingerprint density at radius 1 is 0.812 bits per heavy atom. The van der Waals surface area contributed by atoms with Crippen LogP contribution in [0.2, 0.25) is 0 Å². The predicted octanol–water partition coefficient (Wildman–Crippen LogP) is 2.24. The lowest BCUT2D eigenvalue weighted by atomic mass is 10.6. The lowest BCUT2D eigenvalue weighted by Crippen LogP contribution is -2.17. The van der Waals surface area contributed by atoms with Crippen LogP contribution in [0.1, 0.15) is 41.5 Å². The van der Waals surface area contributed by atoms with Gasteiger partial charge >= 0.3 is 0 Å². The fourth-order valence-electron chi connectivity index (χ4n) is 0. The van der Waals surface area contributed by atoms with Gasteiger partial charge < -0.3 is 9.80 Å². The Morgan fingerprint density at radius 3 is 0.875 bits per heavy atom. The van der Waals surface area contributed by atoms with Crippen molar-refractivity contribution >= 4 is 11.8 Å². The Kier molecular flexibility index (Phi) is 24.8. The Morgan fingerprint density at radius 2 is 0.875 bits per heavy atom. The van der Waals surface area contributed by atoms with Gasteiger partial charge in [-0.05, 0) is 0 Å². The molecule has 0 saturated carbocycles. The Bertz CT molecular complexity index is 148. The molecule has 2 amide bonds. The van der Waals surface area contributed by atoms with Crippen molar-refractivity contribution in [2.24, 2.45) is 0 Å². The SMILES string of the molecule is C.CC(=O)N(C)C.CC(=O)N(C)C.CCC. The van der Waals surface area contributed by atoms with E-state index in [-0.39, 0.29) is 19.2 Å². The second-order valence-electron chi connectivity index (χ2n) is 3.53. The molecule has 0 spiro atoms. The fraction of sp³-hybridized carbons (Fsp3) is 0.833. The quantitative estimate of drug-likeness (QED) is 0.645. The Balaban J connectivity index is -0.0000000692. The zero-order valence-electron chi connectivity index (χ0n) is 11.4. The highest BCUT2D eigenvalue weighted by Gasteiger charge is 1.88. The molecule has 0 fully saturated rings. The van der Waals surface area contributed by atoms with Crippen molar-refractivity contribution in [2.75, 3.05) is 28.2 Å². The van der Waals surface area contributed by atoms with E-state index in [4.69, 9.17) is 0 Å². The highest BCUT2D eigenvalue weighted by Crippen LogP contribution is 1.70. The van der Waals surface area contributed by atoms with Crippen molar-refractivity contribution in [1.82, 2.24) is 9.80 Å². The summed E-state index contributed by atoms with van der Waals surface area (Å²) in [6, 6.07) is 0. The smallest absolute Gasteiger partial charge is 0.218 e. The van der Waals surface area contributed by atoms with Gasteiger partial charge in [-0.25, -0.2) is 0 Å². The maximum atomic E-state index is 10.1. The molecule has 0 aromatic heterocycles. The second kappa shape index (κ2) is 16.4. The largest absolute Gasteiger partial charge is 0.349 e. The van der Waals surface area contributed by atoms with Gasteiger partial charge in [-0.2, -0.15) is 0 Å². The molecule has 0 heterocycles. The van der Waals surface area contributed by atoms with Crippen LogP contribution < -0.4 is 0 Å². The van der Waals surface area contributed by atoms with E-state index in [9.17, 15) is 9.59 Å². The molecule has 0 aromatic carbocycles. The second-order valence-corrected chi connectivity index (χ2v) is 3.53. The third-order valence-electron chi connectivity index (χ3n) is 1.26. The summed E-state index contributed by atoms with van der Waals surface area (Å²) in [4.78, 5) is 23.2. The van der Waals surface area contributed by atoms with Gasteiger partial charge in [0.15, 0.2) is 0 Å². The van der Waals surface area contributed by atoms with Crippen molar-refractivity contribution in [3.8, 4) is 0 Å². The topological polar surface area (TPSA) is 40.6 Å². The summed E-state index contributed by atoms with van der Waals surface area (Å²) < 4.78 is 0. The summed E-state index contributed by atoms with van der Waals surface area (Å²) in [6.07, 6.45) is 1.25. The maximum Gasteiger partial charge on any atom is 0.218 e. The Hall–Kier alpha value is -1.06. The summed E-state index contributed by atoms with van der Waals surface area (Å²) in [5.41, 5.74) is 0. The molecule has 0 rings (SSSR count). The molecular formula is C12H30N2O2. The van der Waals surface area contributed by atoms with Crippen molar-refractivity contribution in [3.05, 3.63) is 0 Å². The average molecular weight is 234 g/mol. The van der Waals surface area contributed by atoms with Gasteiger partial charge in [0.05, 0.1) is 0 Å². The molecule has 100 valence electrons. The number of rotatable bonds is 0. The first-order valence-electron chi connectivity index (χ1n) is 5.06. The number of nitrogens with zero attached hydrogens (tertiary/aromatic N) is 2. The summed E-state index contributed by atoms with van der Waals surface area (Å²) in [5.74, 6) is 0.185. The molecule has 16 heavy (non-hydrogen) atoms. The molecule has 0 aliphatic heterocycles. The number of hydrogen-bond acceptors (Lipinski definition) is 2. The molecule has 4 nitrogen and oxygen atoms in total. The standard InChI is InChI=1S/2C4H9NO.C3H8.CH4/c2*1-4(6)5(2)3;1-3-2;/h2*1-3H3;3H2,1-2H3;1H4. The molecule has 0 unspecified atom stereocenters. The minimum Gasteiger partial charge on any atom is -0.349 e. The van der Waals surface area contributed by atoms with Crippen molar-refractivity contribution < 1.29 is 9.59 Å². The zero-order valence-corrected chi connectivity index (χ0v) is 11.4. The van der Waals surface area contributed by atoms with Crippen LogP contribution in [0.15, 0.2) is 0 Å². The minimum absolute atomic E-state index is 0. The first kappa shape index (κ1) is 24.3. The van der Waals surface area contributed by atoms with Gasteiger partial charge in [0, 0.05) is 42.0 Å². The molecule has 0 radical (unpaired) electrons. The van der Waals surface area contributed by atoms with E-state index in [1.165, 1.54) is 30.1 Å². The third-order valence-corrected chi connectivity index (χ3v) is 1.26. The molecule has 0 N–H and O–H groups in total. The van der Waals surface area contributed by atoms with Crippen LogP contribution >= 0.6 is 0 Å². The van der Waals surface area contributed by atoms with E-state index in [0.29, 0.717) is 0 Å². The molecule has 0 aliphatic carbocycles. The summed E-state index contributed by atoms with van der Waals surface area (Å²) in [6.45, 7) is 7.31. The molecule has 0 aromatic rings. The predicted molar refractivity (Wildman–Crippen MR) is 71.4 cm³/mol. The highest BCUT2D eigenvalue weighted by atomic mass is 16.2. The molecule has 0 bridgehead atoms. The van der Waals surface area contributed by atoms with Crippen molar-refractivity contribution in [3.63, 3.8) is 0 Å². The van der Waals surface area contributed by atoms with Crippen LogP contribution in [-0.4, -0.2) is 49.8 Å². The van der Waals surface area contributed by atoms with Gasteiger partial charge in [0.25, 0.3) is 0 Å². The van der Waals surface area contributed by atoms with Crippen LogP contribution in [0, 0.1) is 0 Å². The van der Waals surface area contributed by atoms with Crippen molar-refractivity contribution in [2.45, 2.75) is 41.5 Å². The number of amides is 2. The van der Waals surface area contributed by atoms with E-state index in [1.54, 1.807) is 28.2 Å². The summed E-state index contributed by atoms with van der Waals surface area (Å²) in [7, 11) is 6.90. The van der Waals surface area contributed by atoms with Gasteiger partial charge in [-0.15, -0.1) is 0 Å². The molecule has 0 saturated heterocycles. The van der Waals surface area contributed by atoms with Crippen LogP contribution in [0.25, 0.3) is 0 Å². The first-order chi connectivity index (χ1) is 6.70. The van der Waals surface area contributed by atoms with Crippen LogP contribution in [-0.2, 0) is 9.59 Å². The van der Waals surface area contributed by atoms with Gasteiger partial charge in [-0.3, -0.25) is 9.59 Å². The van der Waals surface area contributed by atoms with E-state index >= 15 is 0 Å². The lowest BCUT2D eigenvalue weighted by Gasteiger charge is -2.02. The first-order valence-corrected chi connectivity index (χ1v) is 5.06. The monoisotopic (exact) mass is 234 g/mol. The van der Waals surface area contributed by atoms with E-state index in [1.807, 2.05) is 0 Å². The normalized spacial score (nSPS) is 7.00. The van der Waals surface area contributed by atoms with Gasteiger partial charge in [0.2, 0.25) is 11.8 Å². The Labute approximate surface area is 102 Å². The van der Waals surface area contributed by atoms with E-state index < -0.39 is 0 Å². The van der Waals surface area contributed by atoms with Crippen LogP contribution in [0.3, 0.4) is 0 Å².